The highest BCUT2D eigenvalue weighted by Crippen LogP contribution is 2.22. The van der Waals surface area contributed by atoms with E-state index < -0.39 is 0 Å². The molecule has 0 radical (unpaired) electrons. The van der Waals surface area contributed by atoms with E-state index in [2.05, 4.69) is 29.8 Å². The van der Waals surface area contributed by atoms with Gasteiger partial charge in [0.15, 0.2) is 0 Å². The fourth-order valence-corrected chi connectivity index (χ4v) is 3.55. The minimum atomic E-state index is 0.648. The minimum Gasteiger partial charge on any atom is -0.381 e. The molecule has 2 unspecified atom stereocenters. The fourth-order valence-electron chi connectivity index (χ4n) is 2.80. The molecular weight excluding hydrogens is 242 g/mol. The number of ether oxygens (including phenoxy) is 1. The molecule has 2 atom stereocenters. The molecule has 1 N–H and O–H groups in total. The van der Waals surface area contributed by atoms with Crippen LogP contribution < -0.4 is 5.32 Å². The van der Waals surface area contributed by atoms with Gasteiger partial charge in [0.25, 0.3) is 0 Å². The molecule has 1 aromatic rings. The first-order valence-corrected chi connectivity index (χ1v) is 8.11. The van der Waals surface area contributed by atoms with Crippen molar-refractivity contribution in [3.05, 3.63) is 22.4 Å². The van der Waals surface area contributed by atoms with Gasteiger partial charge in [0.05, 0.1) is 6.61 Å². The Labute approximate surface area is 115 Å². The van der Waals surface area contributed by atoms with E-state index in [1.54, 1.807) is 0 Å². The monoisotopic (exact) mass is 267 g/mol. The van der Waals surface area contributed by atoms with Gasteiger partial charge in [-0.3, -0.25) is 0 Å². The lowest BCUT2D eigenvalue weighted by molar-refractivity contribution is 0.0379. The molecule has 18 heavy (non-hydrogen) atoms. The van der Waals surface area contributed by atoms with E-state index in [0.29, 0.717) is 6.04 Å². The van der Waals surface area contributed by atoms with E-state index in [-0.39, 0.29) is 0 Å². The third-order valence-electron chi connectivity index (χ3n) is 3.75. The quantitative estimate of drug-likeness (QED) is 0.816. The van der Waals surface area contributed by atoms with E-state index in [0.717, 1.165) is 25.7 Å². The van der Waals surface area contributed by atoms with Crippen LogP contribution in [0.15, 0.2) is 17.5 Å². The molecule has 2 rings (SSSR count). The van der Waals surface area contributed by atoms with Crippen LogP contribution in [0, 0.1) is 5.92 Å². The van der Waals surface area contributed by atoms with Gasteiger partial charge in [-0.1, -0.05) is 13.0 Å². The zero-order valence-corrected chi connectivity index (χ0v) is 12.2. The Balaban J connectivity index is 1.74. The molecule has 1 fully saturated rings. The number of hydrogen-bond acceptors (Lipinski definition) is 3. The molecule has 0 aliphatic carbocycles. The third-order valence-corrected chi connectivity index (χ3v) is 4.69. The Morgan fingerprint density at radius 1 is 1.56 bits per heavy atom. The van der Waals surface area contributed by atoms with Crippen LogP contribution in [0.25, 0.3) is 0 Å². The van der Waals surface area contributed by atoms with Crippen LogP contribution in [0.4, 0.5) is 0 Å². The van der Waals surface area contributed by atoms with Gasteiger partial charge in [-0.2, -0.15) is 0 Å². The summed E-state index contributed by atoms with van der Waals surface area (Å²) in [6.07, 6.45) is 6.36. The fraction of sp³-hybridized carbons (Fsp3) is 0.733. The van der Waals surface area contributed by atoms with Crippen molar-refractivity contribution in [2.45, 2.75) is 45.1 Å². The first kappa shape index (κ1) is 14.0. The van der Waals surface area contributed by atoms with Crippen LogP contribution in [-0.2, 0) is 11.2 Å². The summed E-state index contributed by atoms with van der Waals surface area (Å²) in [4.78, 5) is 1.52. The van der Waals surface area contributed by atoms with Crippen LogP contribution in [0.1, 0.15) is 37.5 Å². The molecule has 1 aromatic heterocycles. The molecule has 0 spiro atoms. The van der Waals surface area contributed by atoms with E-state index in [1.807, 2.05) is 11.3 Å². The third kappa shape index (κ3) is 4.38. The minimum absolute atomic E-state index is 0.648. The maximum atomic E-state index is 5.62. The molecular formula is C15H25NOS. The summed E-state index contributed by atoms with van der Waals surface area (Å²) in [7, 11) is 0. The standard InChI is InChI=1S/C15H25NOS/c1-2-16-15(13-6-4-10-17-12-13)9-3-7-14-8-5-11-18-14/h5,8,11,13,15-16H,2-4,6-7,9-10,12H2,1H3. The molecule has 0 amide bonds. The highest BCUT2D eigenvalue weighted by atomic mass is 32.1. The van der Waals surface area contributed by atoms with Gasteiger partial charge < -0.3 is 10.1 Å². The van der Waals surface area contributed by atoms with Crippen molar-refractivity contribution in [3.63, 3.8) is 0 Å². The first-order chi connectivity index (χ1) is 8.90. The Morgan fingerprint density at radius 3 is 3.17 bits per heavy atom. The zero-order valence-electron chi connectivity index (χ0n) is 11.4. The second-order valence-electron chi connectivity index (χ2n) is 5.11. The summed E-state index contributed by atoms with van der Waals surface area (Å²) in [5, 5.41) is 5.83. The molecule has 2 nitrogen and oxygen atoms in total. The lowest BCUT2D eigenvalue weighted by Crippen LogP contribution is -2.40. The van der Waals surface area contributed by atoms with E-state index in [4.69, 9.17) is 4.74 Å². The molecule has 3 heteroatoms. The average Bonchev–Trinajstić information content (AvgIpc) is 2.92. The molecule has 0 aromatic carbocycles. The summed E-state index contributed by atoms with van der Waals surface area (Å²) in [6.45, 7) is 5.19. The lowest BCUT2D eigenvalue weighted by atomic mass is 9.90. The maximum absolute atomic E-state index is 5.62. The molecule has 2 heterocycles. The lowest BCUT2D eigenvalue weighted by Gasteiger charge is -2.30. The van der Waals surface area contributed by atoms with E-state index in [9.17, 15) is 0 Å². The van der Waals surface area contributed by atoms with Gasteiger partial charge >= 0.3 is 0 Å². The predicted molar refractivity (Wildman–Crippen MR) is 78.3 cm³/mol. The smallest absolute Gasteiger partial charge is 0.0509 e. The van der Waals surface area contributed by atoms with E-state index >= 15 is 0 Å². The van der Waals surface area contributed by atoms with Crippen molar-refractivity contribution >= 4 is 11.3 Å². The number of aryl methyl sites for hydroxylation is 1. The van der Waals surface area contributed by atoms with Crippen LogP contribution in [0.5, 0.6) is 0 Å². The Morgan fingerprint density at radius 2 is 2.50 bits per heavy atom. The summed E-state index contributed by atoms with van der Waals surface area (Å²) in [5.74, 6) is 0.724. The normalized spacial score (nSPS) is 21.9. The molecule has 1 saturated heterocycles. The predicted octanol–water partition coefficient (Wildman–Crippen LogP) is 3.48. The summed E-state index contributed by atoms with van der Waals surface area (Å²) in [5.41, 5.74) is 0. The Kier molecular flexibility index (Phi) is 6.18. The summed E-state index contributed by atoms with van der Waals surface area (Å²) >= 11 is 1.88. The highest BCUT2D eigenvalue weighted by molar-refractivity contribution is 7.09. The maximum Gasteiger partial charge on any atom is 0.0509 e. The van der Waals surface area contributed by atoms with Gasteiger partial charge in [0.2, 0.25) is 0 Å². The molecule has 0 bridgehead atoms. The number of hydrogen-bond donors (Lipinski definition) is 1. The van der Waals surface area contributed by atoms with E-state index in [1.165, 1.54) is 37.0 Å². The van der Waals surface area contributed by atoms with Gasteiger partial charge in [0.1, 0.15) is 0 Å². The molecule has 0 saturated carbocycles. The van der Waals surface area contributed by atoms with Crippen LogP contribution in [0.3, 0.4) is 0 Å². The van der Waals surface area contributed by atoms with Gasteiger partial charge in [0, 0.05) is 17.5 Å². The van der Waals surface area contributed by atoms with Crippen LogP contribution in [-0.4, -0.2) is 25.8 Å². The second-order valence-corrected chi connectivity index (χ2v) is 6.15. The number of nitrogens with one attached hydrogen (secondary N) is 1. The zero-order chi connectivity index (χ0) is 12.6. The number of rotatable bonds is 7. The molecule has 1 aliphatic rings. The van der Waals surface area contributed by atoms with Crippen molar-refractivity contribution in [3.8, 4) is 0 Å². The van der Waals surface area contributed by atoms with Crippen LogP contribution in [0.2, 0.25) is 0 Å². The molecule has 102 valence electrons. The van der Waals surface area contributed by atoms with Gasteiger partial charge in [-0.25, -0.2) is 0 Å². The average molecular weight is 267 g/mol. The second kappa shape index (κ2) is 7.93. The van der Waals surface area contributed by atoms with Crippen molar-refractivity contribution in [1.29, 1.82) is 0 Å². The van der Waals surface area contributed by atoms with Crippen molar-refractivity contribution < 1.29 is 4.74 Å². The highest BCUT2D eigenvalue weighted by Gasteiger charge is 2.22. The Hall–Kier alpha value is -0.380. The number of thiophene rings is 1. The summed E-state index contributed by atoms with van der Waals surface area (Å²) in [6, 6.07) is 5.04. The molecule has 1 aliphatic heterocycles. The van der Waals surface area contributed by atoms with Crippen LogP contribution >= 0.6 is 11.3 Å². The first-order valence-electron chi connectivity index (χ1n) is 7.23. The topological polar surface area (TPSA) is 21.3 Å². The Bertz CT molecular complexity index is 306. The van der Waals surface area contributed by atoms with Crippen molar-refractivity contribution in [2.75, 3.05) is 19.8 Å². The van der Waals surface area contributed by atoms with Gasteiger partial charge in [-0.15, -0.1) is 11.3 Å². The van der Waals surface area contributed by atoms with Gasteiger partial charge in [-0.05, 0) is 56.0 Å². The summed E-state index contributed by atoms with van der Waals surface area (Å²) < 4.78 is 5.62. The van der Waals surface area contributed by atoms with Crippen molar-refractivity contribution in [2.24, 2.45) is 5.92 Å². The SMILES string of the molecule is CCNC(CCCc1cccs1)C1CCCOC1. The largest absolute Gasteiger partial charge is 0.381 e. The van der Waals surface area contributed by atoms with Crippen molar-refractivity contribution in [1.82, 2.24) is 5.32 Å².